The molecule has 0 aromatic rings. The van der Waals surface area contributed by atoms with E-state index in [1.165, 1.54) is 0 Å². The molecular weight excluding hydrogens is 534 g/mol. The Labute approximate surface area is 131 Å². The third-order valence-corrected chi connectivity index (χ3v) is 4.11. The van der Waals surface area contributed by atoms with Gasteiger partial charge in [0, 0.05) is 35.9 Å². The minimum Gasteiger partial charge on any atom is -0.404 e. The fraction of sp³-hybridized carbons (Fsp3) is 0.750. The van der Waals surface area contributed by atoms with Gasteiger partial charge in [-0.2, -0.15) is 35.1 Å². The predicted octanol–water partition coefficient (Wildman–Crippen LogP) is 4.56. The number of hydrogen-bond acceptors (Lipinski definition) is 2. The van der Waals surface area contributed by atoms with Crippen LogP contribution in [0.25, 0.3) is 0 Å². The average Bonchev–Trinajstić information content (AvgIpc) is 2.22. The molecule has 0 saturated heterocycles. The zero-order chi connectivity index (χ0) is 16.4. The maximum atomic E-state index is 13.0. The first kappa shape index (κ1) is 20.2. The maximum Gasteiger partial charge on any atom is 0.387 e. The molecule has 12 heteroatoms. The number of carbonyl (C=O) groups excluding carboxylic acids is 1. The third kappa shape index (κ3) is 4.37. The summed E-state index contributed by atoms with van der Waals surface area (Å²) in [4.78, 5) is 10.3. The Morgan fingerprint density at radius 1 is 1.10 bits per heavy atom. The smallest absolute Gasteiger partial charge is 0.387 e. The Morgan fingerprint density at radius 3 is 1.90 bits per heavy atom. The summed E-state index contributed by atoms with van der Waals surface area (Å²) in [5, 5.41) is 0. The number of carbonyl (C=O) groups is 1. The molecule has 0 aromatic carbocycles. The Bertz CT molecular complexity index is 390. The molecule has 0 saturated carbocycles. The molecule has 0 fully saturated rings. The molecule has 0 heterocycles. The lowest BCUT2D eigenvalue weighted by atomic mass is 10.0. The molecule has 0 aliphatic rings. The molecule has 0 aromatic heterocycles. The maximum absolute atomic E-state index is 13.0. The van der Waals surface area contributed by atoms with Crippen LogP contribution < -0.4 is 0 Å². The lowest BCUT2D eigenvalue weighted by molar-refractivity contribution is -0.339. The fourth-order valence-corrected chi connectivity index (χ4v) is 2.37. The van der Waals surface area contributed by atoms with Gasteiger partial charge >= 0.3 is 27.7 Å². The van der Waals surface area contributed by atoms with E-state index >= 15 is 0 Å². The zero-order valence-corrected chi connectivity index (χ0v) is 13.7. The summed E-state index contributed by atoms with van der Waals surface area (Å²) >= 11 is -2.15. The highest BCUT2D eigenvalue weighted by molar-refractivity contribution is 14.2. The van der Waals surface area contributed by atoms with Gasteiger partial charge in [-0.3, -0.25) is 4.79 Å². The van der Waals surface area contributed by atoms with E-state index in [1.54, 1.807) is 0 Å². The Kier molecular flexibility index (Phi) is 6.64. The van der Waals surface area contributed by atoms with Crippen LogP contribution in [0.15, 0.2) is 0 Å². The van der Waals surface area contributed by atoms with E-state index < -0.39 is 55.2 Å². The van der Waals surface area contributed by atoms with Gasteiger partial charge in [-0.05, 0) is 4.01 Å². The van der Waals surface area contributed by atoms with E-state index in [2.05, 4.69) is 3.07 Å². The van der Waals surface area contributed by atoms with E-state index in [0.717, 1.165) is 6.92 Å². The van der Waals surface area contributed by atoms with Gasteiger partial charge in [-0.1, -0.05) is 0 Å². The van der Waals surface area contributed by atoms with Crippen LogP contribution in [0.3, 0.4) is 0 Å². The monoisotopic (exact) mass is 540 g/mol. The number of rotatable bonds is 6. The fourth-order valence-electron chi connectivity index (χ4n) is 0.758. The van der Waals surface area contributed by atoms with Crippen LogP contribution in [0.1, 0.15) is 13.3 Å². The molecule has 2 nitrogen and oxygen atoms in total. The minimum atomic E-state index is -6.26. The van der Waals surface area contributed by atoms with Crippen LogP contribution in [-0.2, 0) is 7.86 Å². The first-order valence-electron chi connectivity index (χ1n) is 4.49. The number of alkyl halides is 9. The van der Waals surface area contributed by atoms with Crippen LogP contribution in [0.4, 0.5) is 35.1 Å². The SMILES string of the molecule is CC(=O)OI=CCC(F)(F)C(F)(F)C(F)(F)C(F)(F)I. The molecule has 0 rings (SSSR count). The minimum absolute atomic E-state index is 0.331. The van der Waals surface area contributed by atoms with Crippen LogP contribution >= 0.6 is 43.7 Å². The quantitative estimate of drug-likeness (QED) is 0.281. The van der Waals surface area contributed by atoms with Gasteiger partial charge in [-0.15, -0.1) is 0 Å². The summed E-state index contributed by atoms with van der Waals surface area (Å²) < 4.78 is 101. The van der Waals surface area contributed by atoms with Crippen molar-refractivity contribution >= 4 is 53.7 Å². The molecule has 0 amide bonds. The Hall–Kier alpha value is 0.240. The highest BCUT2D eigenvalue weighted by Crippen LogP contribution is 2.55. The van der Waals surface area contributed by atoms with Crippen molar-refractivity contribution in [2.75, 3.05) is 0 Å². The van der Waals surface area contributed by atoms with Crippen molar-refractivity contribution in [2.24, 2.45) is 0 Å². The summed E-state index contributed by atoms with van der Waals surface area (Å²) in [6, 6.07) is 0. The summed E-state index contributed by atoms with van der Waals surface area (Å²) in [5.74, 6) is -18.8. The molecule has 0 aliphatic carbocycles. The molecule has 120 valence electrons. The largest absolute Gasteiger partial charge is 0.404 e. The standard InChI is InChI=1S/C8H6F8I2O2/c1-4(19)20-18-3-2-5(9,10)6(11,12)7(13,14)8(15,16)17/h3H,2H2,1H3. The van der Waals surface area contributed by atoms with Crippen LogP contribution in [0, 0.1) is 0 Å². The topological polar surface area (TPSA) is 26.3 Å². The second-order valence-electron chi connectivity index (χ2n) is 3.37. The number of hydrogen-bond donors (Lipinski definition) is 0. The van der Waals surface area contributed by atoms with Crippen molar-refractivity contribution in [2.45, 2.75) is 35.0 Å². The second kappa shape index (κ2) is 6.56. The van der Waals surface area contributed by atoms with Crippen LogP contribution in [-0.4, -0.2) is 31.7 Å². The van der Waals surface area contributed by atoms with Crippen LogP contribution in [0.2, 0.25) is 0 Å². The van der Waals surface area contributed by atoms with Gasteiger partial charge in [0.2, 0.25) is 0 Å². The van der Waals surface area contributed by atoms with Crippen molar-refractivity contribution in [3.05, 3.63) is 0 Å². The summed E-state index contributed by atoms with van der Waals surface area (Å²) in [5.41, 5.74) is 0. The van der Waals surface area contributed by atoms with Crippen molar-refractivity contribution in [3.63, 3.8) is 0 Å². The lowest BCUT2D eigenvalue weighted by Crippen LogP contribution is -2.60. The van der Waals surface area contributed by atoms with Gasteiger partial charge in [0.05, 0.1) is 0 Å². The molecule has 0 spiro atoms. The van der Waals surface area contributed by atoms with Crippen LogP contribution in [0.5, 0.6) is 0 Å². The van der Waals surface area contributed by atoms with Crippen molar-refractivity contribution in [3.8, 4) is 0 Å². The highest BCUT2D eigenvalue weighted by Gasteiger charge is 2.79. The summed E-state index contributed by atoms with van der Waals surface area (Å²) in [7, 11) is 0. The van der Waals surface area contributed by atoms with Gasteiger partial charge in [-0.25, -0.2) is 0 Å². The molecule has 0 radical (unpaired) electrons. The molecule has 0 atom stereocenters. The van der Waals surface area contributed by atoms with Crippen molar-refractivity contribution in [1.29, 1.82) is 0 Å². The highest BCUT2D eigenvalue weighted by atomic mass is 127. The van der Waals surface area contributed by atoms with Gasteiger partial charge in [0.15, 0.2) is 0 Å². The summed E-state index contributed by atoms with van der Waals surface area (Å²) in [6.45, 7) is 0.922. The summed E-state index contributed by atoms with van der Waals surface area (Å²) in [6.07, 6.45) is -1.91. The van der Waals surface area contributed by atoms with E-state index in [1.807, 2.05) is 0 Å². The molecule has 0 aliphatic heterocycles. The second-order valence-corrected chi connectivity index (χ2v) is 6.55. The van der Waals surface area contributed by atoms with E-state index in [9.17, 15) is 39.9 Å². The van der Waals surface area contributed by atoms with E-state index in [-0.39, 0.29) is 22.6 Å². The van der Waals surface area contributed by atoms with Gasteiger partial charge in [0.1, 0.15) is 21.1 Å². The van der Waals surface area contributed by atoms with Gasteiger partial charge < -0.3 is 3.07 Å². The van der Waals surface area contributed by atoms with E-state index in [0.29, 0.717) is 4.01 Å². The predicted molar refractivity (Wildman–Crippen MR) is 70.3 cm³/mol. The molecule has 0 N–H and O–H groups in total. The number of halogens is 10. The molecular formula is C8H6F8I2O2. The zero-order valence-electron chi connectivity index (χ0n) is 9.38. The first-order chi connectivity index (χ1) is 8.67. The molecule has 20 heavy (non-hydrogen) atoms. The molecule has 0 unspecified atom stereocenters. The van der Waals surface area contributed by atoms with Crippen molar-refractivity contribution in [1.82, 2.24) is 0 Å². The normalized spacial score (nSPS) is 15.1. The van der Waals surface area contributed by atoms with Crippen molar-refractivity contribution < 1.29 is 43.0 Å². The third-order valence-electron chi connectivity index (χ3n) is 1.76. The average molecular weight is 540 g/mol. The van der Waals surface area contributed by atoms with E-state index in [4.69, 9.17) is 0 Å². The van der Waals surface area contributed by atoms with Gasteiger partial charge in [0.25, 0.3) is 0 Å². The Balaban J connectivity index is 5.17. The molecule has 0 bridgehead atoms. The lowest BCUT2D eigenvalue weighted by Gasteiger charge is -2.34. The first-order valence-corrected chi connectivity index (χ1v) is 7.70. The Morgan fingerprint density at radius 2 is 1.55 bits per heavy atom.